The Bertz CT molecular complexity index is 2170. The van der Waals surface area contributed by atoms with Crippen molar-refractivity contribution in [2.75, 3.05) is 10.6 Å². The summed E-state index contributed by atoms with van der Waals surface area (Å²) >= 11 is 13.8. The molecule has 0 aliphatic heterocycles. The van der Waals surface area contributed by atoms with Crippen LogP contribution in [0.5, 0.6) is 0 Å². The number of hydrogen-bond acceptors (Lipinski definition) is 6. The number of rotatable bonds is 11. The number of oxazole rings is 1. The van der Waals surface area contributed by atoms with Gasteiger partial charge in [0.15, 0.2) is 5.58 Å². The maximum Gasteiger partial charge on any atom is 0.272 e. The first-order chi connectivity index (χ1) is 24.2. The van der Waals surface area contributed by atoms with Crippen molar-refractivity contribution in [3.63, 3.8) is 0 Å². The highest BCUT2D eigenvalue weighted by Crippen LogP contribution is 2.30. The van der Waals surface area contributed by atoms with E-state index in [1.807, 2.05) is 61.5 Å². The van der Waals surface area contributed by atoms with Crippen LogP contribution in [0.15, 0.2) is 136 Å². The van der Waals surface area contributed by atoms with E-state index in [1.54, 1.807) is 66.7 Å². The molecule has 0 fully saturated rings. The number of benzene rings is 5. The van der Waals surface area contributed by atoms with Gasteiger partial charge in [0, 0.05) is 37.4 Å². The maximum absolute atomic E-state index is 13.6. The van der Waals surface area contributed by atoms with E-state index in [4.69, 9.17) is 27.6 Å². The van der Waals surface area contributed by atoms with Crippen molar-refractivity contribution in [2.45, 2.75) is 23.5 Å². The van der Waals surface area contributed by atoms with Gasteiger partial charge in [-0.15, -0.1) is 11.8 Å². The van der Waals surface area contributed by atoms with Crippen LogP contribution >= 0.6 is 35.0 Å². The van der Waals surface area contributed by atoms with Crippen LogP contribution in [-0.4, -0.2) is 28.0 Å². The van der Waals surface area contributed by atoms with Crippen molar-refractivity contribution in [1.82, 2.24) is 10.3 Å². The average molecular weight is 722 g/mol. The summed E-state index contributed by atoms with van der Waals surface area (Å²) in [4.78, 5) is 45.2. The molecule has 5 aromatic carbocycles. The molecule has 8 nitrogen and oxygen atoms in total. The van der Waals surface area contributed by atoms with Crippen LogP contribution in [0.4, 0.5) is 11.4 Å². The van der Waals surface area contributed by atoms with Crippen molar-refractivity contribution in [3.05, 3.63) is 148 Å². The van der Waals surface area contributed by atoms with Crippen LogP contribution < -0.4 is 16.0 Å². The van der Waals surface area contributed by atoms with E-state index in [0.29, 0.717) is 50.4 Å². The number of nitrogens with one attached hydrogen (secondary N) is 3. The third-order valence-corrected chi connectivity index (χ3v) is 9.44. The summed E-state index contributed by atoms with van der Waals surface area (Å²) < 4.78 is 5.85. The van der Waals surface area contributed by atoms with Gasteiger partial charge in [0.1, 0.15) is 11.2 Å². The molecule has 1 aromatic heterocycles. The molecule has 0 bridgehead atoms. The van der Waals surface area contributed by atoms with E-state index in [0.717, 1.165) is 16.0 Å². The van der Waals surface area contributed by atoms with Gasteiger partial charge in [0.05, 0.1) is 5.25 Å². The van der Waals surface area contributed by atoms with Gasteiger partial charge >= 0.3 is 0 Å². The molecule has 6 aromatic rings. The largest absolute Gasteiger partial charge is 0.436 e. The number of thioether (sulfide) groups is 1. The van der Waals surface area contributed by atoms with Crippen molar-refractivity contribution in [3.8, 4) is 11.5 Å². The summed E-state index contributed by atoms with van der Waals surface area (Å²) in [5, 5.41) is 8.91. The minimum atomic E-state index is -0.562. The molecule has 0 saturated carbocycles. The lowest BCUT2D eigenvalue weighted by Gasteiger charge is -2.16. The highest BCUT2D eigenvalue weighted by atomic mass is 35.5. The topological polar surface area (TPSA) is 113 Å². The van der Waals surface area contributed by atoms with E-state index < -0.39 is 17.1 Å². The lowest BCUT2D eigenvalue weighted by Crippen LogP contribution is -2.30. The summed E-state index contributed by atoms with van der Waals surface area (Å²) in [6.45, 7) is 1.94. The Morgan fingerprint density at radius 1 is 0.820 bits per heavy atom. The van der Waals surface area contributed by atoms with E-state index in [1.165, 1.54) is 17.8 Å². The fraction of sp³-hybridized carbons (Fsp3) is 0.0769. The van der Waals surface area contributed by atoms with Crippen molar-refractivity contribution >= 4 is 81.2 Å². The molecule has 0 spiro atoms. The van der Waals surface area contributed by atoms with Gasteiger partial charge < -0.3 is 20.4 Å². The lowest BCUT2D eigenvalue weighted by atomic mass is 10.1. The quantitative estimate of drug-likeness (QED) is 0.0907. The fourth-order valence-corrected chi connectivity index (χ4v) is 6.44. The van der Waals surface area contributed by atoms with Crippen LogP contribution in [-0.2, 0) is 9.59 Å². The number of para-hydroxylation sites is 2. The van der Waals surface area contributed by atoms with E-state index in [2.05, 4.69) is 20.9 Å². The Hall–Kier alpha value is -5.35. The second-order valence-electron chi connectivity index (χ2n) is 11.1. The molecule has 0 aliphatic carbocycles. The number of fused-ring (bicyclic) bond motifs is 1. The zero-order valence-corrected chi connectivity index (χ0v) is 29.0. The van der Waals surface area contributed by atoms with Gasteiger partial charge in [0.2, 0.25) is 11.8 Å². The predicted octanol–water partition coefficient (Wildman–Crippen LogP) is 9.72. The molecule has 1 heterocycles. The molecular weight excluding hydrogens is 691 g/mol. The Labute approximate surface area is 302 Å². The molecule has 1 unspecified atom stereocenters. The number of carbonyl (C=O) groups is 3. The molecule has 3 amide bonds. The van der Waals surface area contributed by atoms with Gasteiger partial charge in [-0.25, -0.2) is 4.98 Å². The Kier molecular flexibility index (Phi) is 11.0. The fourth-order valence-electron chi connectivity index (χ4n) is 4.96. The first kappa shape index (κ1) is 34.5. The van der Waals surface area contributed by atoms with Gasteiger partial charge in [-0.3, -0.25) is 14.4 Å². The minimum Gasteiger partial charge on any atom is -0.436 e. The summed E-state index contributed by atoms with van der Waals surface area (Å²) in [5.41, 5.74) is 4.27. The Balaban J connectivity index is 1.13. The molecular formula is C39H30Cl2N4O4S. The Morgan fingerprint density at radius 2 is 1.58 bits per heavy atom. The van der Waals surface area contributed by atoms with Crippen molar-refractivity contribution in [1.29, 1.82) is 0 Å². The van der Waals surface area contributed by atoms with Crippen molar-refractivity contribution < 1.29 is 18.8 Å². The van der Waals surface area contributed by atoms with Gasteiger partial charge in [-0.2, -0.15) is 0 Å². The molecule has 0 radical (unpaired) electrons. The van der Waals surface area contributed by atoms with Gasteiger partial charge in [-0.1, -0.05) is 72.6 Å². The highest BCUT2D eigenvalue weighted by molar-refractivity contribution is 8.00. The van der Waals surface area contributed by atoms with Gasteiger partial charge in [-0.05, 0) is 96.9 Å². The summed E-state index contributed by atoms with van der Waals surface area (Å²) in [6, 6.07) is 35.5. The number of halogens is 2. The number of nitrogens with zero attached hydrogens (tertiary/aromatic N) is 1. The lowest BCUT2D eigenvalue weighted by molar-refractivity contribution is -0.116. The zero-order valence-electron chi connectivity index (χ0n) is 26.7. The number of amides is 3. The molecule has 1 atom stereocenters. The number of hydrogen-bond donors (Lipinski definition) is 3. The standard InChI is InChI=1S/C39H30Cl2N4O4S/c1-2-35(38(48)42-28-19-16-25(17-20-28)39-45-32-13-6-7-14-34(32)49-39)50-30-12-8-11-29(23-30)43-37(47)33(21-26-15-18-27(40)22-31(26)41)44-36(46)24-9-4-3-5-10-24/h3-23,35H,2H2,1H3,(H,42,48)(H,43,47)(H,44,46)/b33-21+. The summed E-state index contributed by atoms with van der Waals surface area (Å²) in [6.07, 6.45) is 2.05. The van der Waals surface area contributed by atoms with E-state index >= 15 is 0 Å². The highest BCUT2D eigenvalue weighted by Gasteiger charge is 2.20. The monoisotopic (exact) mass is 720 g/mol. The Morgan fingerprint density at radius 3 is 2.32 bits per heavy atom. The van der Waals surface area contributed by atoms with Crippen LogP contribution in [0.3, 0.4) is 0 Å². The first-order valence-corrected chi connectivity index (χ1v) is 17.3. The third-order valence-electron chi connectivity index (χ3n) is 7.52. The second kappa shape index (κ2) is 15.9. The predicted molar refractivity (Wildman–Crippen MR) is 201 cm³/mol. The molecule has 6 rings (SSSR count). The summed E-state index contributed by atoms with van der Waals surface area (Å²) in [7, 11) is 0. The van der Waals surface area contributed by atoms with Crippen molar-refractivity contribution in [2.24, 2.45) is 0 Å². The van der Waals surface area contributed by atoms with Crippen LogP contribution in [0.1, 0.15) is 29.3 Å². The number of aromatic nitrogens is 1. The second-order valence-corrected chi connectivity index (χ2v) is 13.2. The number of carbonyl (C=O) groups excluding carboxylic acids is 3. The average Bonchev–Trinajstić information content (AvgIpc) is 3.56. The molecule has 11 heteroatoms. The van der Waals surface area contributed by atoms with Crippen LogP contribution in [0, 0.1) is 0 Å². The molecule has 3 N–H and O–H groups in total. The third kappa shape index (κ3) is 8.62. The summed E-state index contributed by atoms with van der Waals surface area (Å²) in [5.74, 6) is -0.671. The molecule has 0 aliphatic rings. The maximum atomic E-state index is 13.6. The molecule has 50 heavy (non-hydrogen) atoms. The number of anilines is 2. The minimum absolute atomic E-state index is 0.0194. The molecule has 0 saturated heterocycles. The zero-order chi connectivity index (χ0) is 35.0. The van der Waals surface area contributed by atoms with Crippen LogP contribution in [0.2, 0.25) is 10.0 Å². The SMILES string of the molecule is CCC(Sc1cccc(NC(=O)/C(=C\c2ccc(Cl)cc2Cl)NC(=O)c2ccccc2)c1)C(=O)Nc1ccc(-c2nc3ccccc3o2)cc1. The smallest absolute Gasteiger partial charge is 0.272 e. The molecule has 250 valence electrons. The van der Waals surface area contributed by atoms with Gasteiger partial charge in [0.25, 0.3) is 11.8 Å². The van der Waals surface area contributed by atoms with E-state index in [-0.39, 0.29) is 11.6 Å². The van der Waals surface area contributed by atoms with E-state index in [9.17, 15) is 14.4 Å². The van der Waals surface area contributed by atoms with Crippen LogP contribution in [0.25, 0.3) is 28.6 Å². The first-order valence-electron chi connectivity index (χ1n) is 15.6. The normalized spacial score (nSPS) is 11.9.